The van der Waals surface area contributed by atoms with E-state index in [0.29, 0.717) is 43.3 Å². The lowest BCUT2D eigenvalue weighted by molar-refractivity contribution is -0.143. The van der Waals surface area contributed by atoms with E-state index in [1.807, 2.05) is 44.2 Å². The van der Waals surface area contributed by atoms with Crippen LogP contribution in [0.2, 0.25) is 0 Å². The fourth-order valence-electron chi connectivity index (χ4n) is 5.92. The number of nitrogens with zero attached hydrogens (tertiary/aromatic N) is 3. The van der Waals surface area contributed by atoms with Crippen molar-refractivity contribution < 1.29 is 40.6 Å². The Kier molecular flexibility index (Phi) is 8.84. The van der Waals surface area contributed by atoms with Crippen molar-refractivity contribution >= 4 is 11.9 Å². The van der Waals surface area contributed by atoms with Gasteiger partial charge in [0.1, 0.15) is 11.9 Å². The molecule has 3 heterocycles. The number of alkyl halides is 6. The number of amides is 1. The first-order valence-corrected chi connectivity index (χ1v) is 14.4. The maximum absolute atomic E-state index is 13.6. The molecule has 2 saturated heterocycles. The van der Waals surface area contributed by atoms with Crippen LogP contribution in [0, 0.1) is 6.92 Å². The van der Waals surface area contributed by atoms with Gasteiger partial charge in [-0.25, -0.2) is 9.78 Å². The molecular formula is C32H33F6N3O3. The van der Waals surface area contributed by atoms with Crippen LogP contribution in [0.15, 0.2) is 54.7 Å². The van der Waals surface area contributed by atoms with Gasteiger partial charge in [-0.1, -0.05) is 29.8 Å². The molecule has 2 fully saturated rings. The Morgan fingerprint density at radius 2 is 1.61 bits per heavy atom. The van der Waals surface area contributed by atoms with E-state index in [-0.39, 0.29) is 24.2 Å². The summed E-state index contributed by atoms with van der Waals surface area (Å²) >= 11 is 0. The van der Waals surface area contributed by atoms with Crippen LogP contribution in [-0.2, 0) is 28.4 Å². The van der Waals surface area contributed by atoms with E-state index in [2.05, 4.69) is 4.90 Å². The Hall–Kier alpha value is -3.80. The third-order valence-electron chi connectivity index (χ3n) is 8.21. The van der Waals surface area contributed by atoms with Crippen LogP contribution in [-0.4, -0.2) is 47.8 Å². The summed E-state index contributed by atoms with van der Waals surface area (Å²) < 4.78 is 92.4. The smallest absolute Gasteiger partial charge is 0.416 e. The van der Waals surface area contributed by atoms with Crippen LogP contribution < -0.4 is 4.90 Å². The highest BCUT2D eigenvalue weighted by atomic mass is 19.4. The van der Waals surface area contributed by atoms with E-state index < -0.39 is 41.7 Å². The predicted molar refractivity (Wildman–Crippen MR) is 152 cm³/mol. The summed E-state index contributed by atoms with van der Waals surface area (Å²) in [5, 5.41) is 0. The molecule has 1 amide bonds. The Balaban J connectivity index is 1.52. The minimum absolute atomic E-state index is 0.0106. The summed E-state index contributed by atoms with van der Waals surface area (Å²) in [6.45, 7) is 7.35. The molecule has 2 atom stereocenters. The first kappa shape index (κ1) is 31.6. The Bertz CT molecular complexity index is 1470. The van der Waals surface area contributed by atoms with E-state index in [9.17, 15) is 31.1 Å². The molecular weight excluding hydrogens is 588 g/mol. The molecule has 0 bridgehead atoms. The number of ether oxygens (including phenoxy) is 2. The number of aryl methyl sites for hydroxylation is 1. The lowest BCUT2D eigenvalue weighted by Gasteiger charge is -2.36. The lowest BCUT2D eigenvalue weighted by atomic mass is 9.97. The third kappa shape index (κ3) is 6.64. The van der Waals surface area contributed by atoms with Gasteiger partial charge in [-0.3, -0.25) is 4.90 Å². The van der Waals surface area contributed by atoms with E-state index in [1.54, 1.807) is 13.1 Å². The van der Waals surface area contributed by atoms with Crippen molar-refractivity contribution in [2.24, 2.45) is 0 Å². The quantitative estimate of drug-likeness (QED) is 0.249. The Labute approximate surface area is 251 Å². The molecule has 12 heteroatoms. The second-order valence-electron chi connectivity index (χ2n) is 11.2. The van der Waals surface area contributed by atoms with Crippen LogP contribution in [0.5, 0.6) is 0 Å². The third-order valence-corrected chi connectivity index (χ3v) is 8.21. The summed E-state index contributed by atoms with van der Waals surface area (Å²) in [6, 6.07) is 10.3. The van der Waals surface area contributed by atoms with Gasteiger partial charge in [-0.15, -0.1) is 0 Å². The summed E-state index contributed by atoms with van der Waals surface area (Å²) in [6.07, 6.45) is -8.88. The van der Waals surface area contributed by atoms with E-state index in [4.69, 9.17) is 14.5 Å². The van der Waals surface area contributed by atoms with Gasteiger partial charge in [0.2, 0.25) is 0 Å². The zero-order valence-electron chi connectivity index (χ0n) is 24.5. The molecule has 2 aliphatic heterocycles. The van der Waals surface area contributed by atoms with Crippen molar-refractivity contribution in [1.82, 2.24) is 9.88 Å². The average Bonchev–Trinajstić information content (AvgIpc) is 3.26. The van der Waals surface area contributed by atoms with E-state index in [0.717, 1.165) is 29.5 Å². The highest BCUT2D eigenvalue weighted by Gasteiger charge is 2.43. The molecule has 1 aromatic heterocycles. The largest absolute Gasteiger partial charge is 0.439 e. The molecule has 2 aliphatic rings. The van der Waals surface area contributed by atoms with Crippen LogP contribution in [0.4, 0.5) is 37.0 Å². The molecule has 236 valence electrons. The summed E-state index contributed by atoms with van der Waals surface area (Å²) in [5.74, 6) is 0.651. The SMILES string of the molecule is CCN(c1ncc(-c2cccc(C)c2)cc1CN1C(=O)O[C@H](c2cc(C(F)(F)F)cc(C(F)(F)F)c2)[C@@H]1C)C1CCOCC1. The number of anilines is 1. The summed E-state index contributed by atoms with van der Waals surface area (Å²) in [7, 11) is 0. The monoisotopic (exact) mass is 621 g/mol. The number of hydrogen-bond acceptors (Lipinski definition) is 5. The maximum atomic E-state index is 13.6. The fourth-order valence-corrected chi connectivity index (χ4v) is 5.92. The summed E-state index contributed by atoms with van der Waals surface area (Å²) in [4.78, 5) is 21.5. The lowest BCUT2D eigenvalue weighted by Crippen LogP contribution is -2.41. The van der Waals surface area contributed by atoms with Gasteiger partial charge in [0.05, 0.1) is 23.7 Å². The minimum atomic E-state index is -5.02. The van der Waals surface area contributed by atoms with E-state index >= 15 is 0 Å². The van der Waals surface area contributed by atoms with Crippen molar-refractivity contribution in [2.45, 2.75) is 70.7 Å². The number of rotatable bonds is 7. The molecule has 6 nitrogen and oxygen atoms in total. The molecule has 3 aromatic rings. The first-order valence-electron chi connectivity index (χ1n) is 14.4. The maximum Gasteiger partial charge on any atom is 0.416 e. The van der Waals surface area contributed by atoms with Crippen molar-refractivity contribution in [3.63, 3.8) is 0 Å². The number of carbonyl (C=O) groups is 1. The van der Waals surface area contributed by atoms with Crippen molar-refractivity contribution in [1.29, 1.82) is 0 Å². The zero-order chi connectivity index (χ0) is 31.8. The summed E-state index contributed by atoms with van der Waals surface area (Å²) in [5.41, 5.74) is 0.150. The fraction of sp³-hybridized carbons (Fsp3) is 0.438. The van der Waals surface area contributed by atoms with Crippen molar-refractivity contribution in [2.75, 3.05) is 24.7 Å². The number of cyclic esters (lactones) is 1. The molecule has 0 unspecified atom stereocenters. The molecule has 0 spiro atoms. The van der Waals surface area contributed by atoms with Crippen LogP contribution in [0.1, 0.15) is 60.6 Å². The van der Waals surface area contributed by atoms with Gasteiger partial charge in [0, 0.05) is 43.1 Å². The molecule has 0 radical (unpaired) electrons. The number of pyridine rings is 1. The minimum Gasteiger partial charge on any atom is -0.439 e. The van der Waals surface area contributed by atoms with Crippen LogP contribution in [0.25, 0.3) is 11.1 Å². The number of carbonyl (C=O) groups excluding carboxylic acids is 1. The predicted octanol–water partition coefficient (Wildman–Crippen LogP) is 8.18. The normalized spacial score (nSPS) is 19.8. The second-order valence-corrected chi connectivity index (χ2v) is 11.2. The topological polar surface area (TPSA) is 54.9 Å². The molecule has 5 rings (SSSR count). The highest BCUT2D eigenvalue weighted by molar-refractivity contribution is 5.72. The number of hydrogen-bond donors (Lipinski definition) is 0. The van der Waals surface area contributed by atoms with Gasteiger partial charge in [0.15, 0.2) is 0 Å². The van der Waals surface area contributed by atoms with Crippen molar-refractivity contribution in [3.05, 3.63) is 82.5 Å². The van der Waals surface area contributed by atoms with Gasteiger partial charge >= 0.3 is 18.4 Å². The van der Waals surface area contributed by atoms with Gasteiger partial charge in [-0.05, 0) is 69.0 Å². The van der Waals surface area contributed by atoms with Crippen LogP contribution in [0.3, 0.4) is 0 Å². The van der Waals surface area contributed by atoms with Gasteiger partial charge < -0.3 is 14.4 Å². The standard InChI is InChI=1S/C32H33F6N3O3/c1-4-40(27-8-10-43-11-9-27)29-24(13-23(17-39-29)21-7-5-6-19(2)12-21)18-41-20(3)28(44-30(41)42)22-14-25(31(33,34)35)16-26(15-22)32(36,37)38/h5-7,12-17,20,27-28H,4,8-11,18H2,1-3H3/t20-,28-/m0/s1. The average molecular weight is 622 g/mol. The number of aromatic nitrogens is 1. The van der Waals surface area contributed by atoms with E-state index in [1.165, 1.54) is 4.90 Å². The highest BCUT2D eigenvalue weighted by Crippen LogP contribution is 2.41. The molecule has 44 heavy (non-hydrogen) atoms. The first-order chi connectivity index (χ1) is 20.8. The molecule has 2 aromatic carbocycles. The Morgan fingerprint density at radius 3 is 2.20 bits per heavy atom. The van der Waals surface area contributed by atoms with Crippen molar-refractivity contribution in [3.8, 4) is 11.1 Å². The zero-order valence-corrected chi connectivity index (χ0v) is 24.5. The Morgan fingerprint density at radius 1 is 0.955 bits per heavy atom. The number of halogens is 6. The molecule has 0 saturated carbocycles. The molecule has 0 N–H and O–H groups in total. The van der Waals surface area contributed by atoms with Gasteiger partial charge in [-0.2, -0.15) is 26.3 Å². The second kappa shape index (κ2) is 12.3. The van der Waals surface area contributed by atoms with Crippen LogP contribution >= 0.6 is 0 Å². The number of benzene rings is 2. The molecule has 0 aliphatic carbocycles. The van der Waals surface area contributed by atoms with Gasteiger partial charge in [0.25, 0.3) is 0 Å².